The maximum absolute atomic E-state index is 13.7. The number of hydrogen-bond donors (Lipinski definition) is 2. The molecular weight excluding hydrogens is 247 g/mol. The van der Waals surface area contributed by atoms with Crippen LogP contribution in [0.3, 0.4) is 0 Å². The van der Waals surface area contributed by atoms with Crippen LogP contribution in [0, 0.1) is 11.2 Å². The van der Waals surface area contributed by atoms with E-state index in [0.717, 1.165) is 6.42 Å². The standard InChI is InChI=1S/C13H21FN4O/c1-5-15-12-16-7-8(14)11(18-12)17-9-6-10(19-4)13(9,2)3/h7,9-10H,5-6H2,1-4H3,(H2,15,16,17,18). The Balaban J connectivity index is 2.09. The molecule has 0 aliphatic heterocycles. The number of ether oxygens (including phenoxy) is 1. The Morgan fingerprint density at radius 2 is 2.26 bits per heavy atom. The molecule has 2 N–H and O–H groups in total. The van der Waals surface area contributed by atoms with Gasteiger partial charge in [0.1, 0.15) is 0 Å². The monoisotopic (exact) mass is 268 g/mol. The summed E-state index contributed by atoms with van der Waals surface area (Å²) in [4.78, 5) is 8.04. The molecule has 5 nitrogen and oxygen atoms in total. The number of anilines is 2. The maximum Gasteiger partial charge on any atom is 0.224 e. The number of rotatable bonds is 5. The van der Waals surface area contributed by atoms with Gasteiger partial charge in [-0.05, 0) is 13.3 Å². The van der Waals surface area contributed by atoms with Gasteiger partial charge < -0.3 is 15.4 Å². The van der Waals surface area contributed by atoms with Crippen LogP contribution in [0.15, 0.2) is 6.20 Å². The van der Waals surface area contributed by atoms with E-state index in [0.29, 0.717) is 12.5 Å². The zero-order valence-corrected chi connectivity index (χ0v) is 11.8. The van der Waals surface area contributed by atoms with E-state index in [1.54, 1.807) is 7.11 Å². The third-order valence-corrected chi connectivity index (χ3v) is 3.85. The first-order valence-electron chi connectivity index (χ1n) is 6.54. The summed E-state index contributed by atoms with van der Waals surface area (Å²) < 4.78 is 19.1. The quantitative estimate of drug-likeness (QED) is 0.858. The van der Waals surface area contributed by atoms with Crippen LogP contribution >= 0.6 is 0 Å². The third-order valence-electron chi connectivity index (χ3n) is 3.85. The number of halogens is 1. The molecule has 1 heterocycles. The predicted molar refractivity (Wildman–Crippen MR) is 72.8 cm³/mol. The van der Waals surface area contributed by atoms with Crippen LogP contribution in [0.1, 0.15) is 27.2 Å². The highest BCUT2D eigenvalue weighted by atomic mass is 19.1. The van der Waals surface area contributed by atoms with Crippen molar-refractivity contribution in [3.05, 3.63) is 12.0 Å². The summed E-state index contributed by atoms with van der Waals surface area (Å²) in [5, 5.41) is 6.13. The molecule has 0 radical (unpaired) electrons. The molecule has 19 heavy (non-hydrogen) atoms. The SMILES string of the molecule is CCNc1ncc(F)c(NC2CC(OC)C2(C)C)n1. The van der Waals surface area contributed by atoms with E-state index in [2.05, 4.69) is 34.4 Å². The van der Waals surface area contributed by atoms with Crippen LogP contribution in [0.2, 0.25) is 0 Å². The molecule has 6 heteroatoms. The lowest BCUT2D eigenvalue weighted by Gasteiger charge is -2.51. The first-order valence-corrected chi connectivity index (χ1v) is 6.54. The minimum Gasteiger partial charge on any atom is -0.381 e. The Hall–Kier alpha value is -1.43. The first kappa shape index (κ1) is 14.0. The molecule has 2 unspecified atom stereocenters. The molecule has 106 valence electrons. The van der Waals surface area contributed by atoms with Crippen LogP contribution in [-0.4, -0.2) is 35.8 Å². The van der Waals surface area contributed by atoms with Crippen LogP contribution in [0.4, 0.5) is 16.2 Å². The highest BCUT2D eigenvalue weighted by Gasteiger charge is 2.48. The topological polar surface area (TPSA) is 59.1 Å². The molecular formula is C13H21FN4O. The van der Waals surface area contributed by atoms with Gasteiger partial charge in [-0.1, -0.05) is 13.8 Å². The van der Waals surface area contributed by atoms with Gasteiger partial charge in [-0.2, -0.15) is 4.98 Å². The third kappa shape index (κ3) is 2.63. The number of nitrogens with one attached hydrogen (secondary N) is 2. The normalized spacial score (nSPS) is 24.7. The van der Waals surface area contributed by atoms with Crippen molar-refractivity contribution in [1.29, 1.82) is 0 Å². The van der Waals surface area contributed by atoms with Crippen LogP contribution in [0.5, 0.6) is 0 Å². The molecule has 0 spiro atoms. The molecule has 1 saturated carbocycles. The highest BCUT2D eigenvalue weighted by Crippen LogP contribution is 2.44. The Morgan fingerprint density at radius 1 is 1.53 bits per heavy atom. The van der Waals surface area contributed by atoms with Crippen molar-refractivity contribution in [3.63, 3.8) is 0 Å². The predicted octanol–water partition coefficient (Wildman–Crippen LogP) is 2.27. The average Bonchev–Trinajstić information content (AvgIpc) is 2.37. The van der Waals surface area contributed by atoms with Gasteiger partial charge in [-0.3, -0.25) is 0 Å². The van der Waals surface area contributed by atoms with Gasteiger partial charge >= 0.3 is 0 Å². The summed E-state index contributed by atoms with van der Waals surface area (Å²) in [6.45, 7) is 6.85. The zero-order valence-electron chi connectivity index (χ0n) is 11.8. The molecule has 0 amide bonds. The highest BCUT2D eigenvalue weighted by molar-refractivity contribution is 5.43. The van der Waals surface area contributed by atoms with Crippen molar-refractivity contribution in [2.45, 2.75) is 39.3 Å². The van der Waals surface area contributed by atoms with E-state index >= 15 is 0 Å². The van der Waals surface area contributed by atoms with Gasteiger partial charge in [0, 0.05) is 25.1 Å². The Bertz CT molecular complexity index is 452. The molecule has 2 rings (SSSR count). The van der Waals surface area contributed by atoms with Crippen molar-refractivity contribution in [2.24, 2.45) is 5.41 Å². The maximum atomic E-state index is 13.7. The van der Waals surface area contributed by atoms with Crippen LogP contribution < -0.4 is 10.6 Å². The van der Waals surface area contributed by atoms with Crippen molar-refractivity contribution in [3.8, 4) is 0 Å². The molecule has 2 atom stereocenters. The summed E-state index contributed by atoms with van der Waals surface area (Å²) in [7, 11) is 1.71. The summed E-state index contributed by atoms with van der Waals surface area (Å²) in [6, 6.07) is 0.149. The number of methoxy groups -OCH3 is 1. The lowest BCUT2D eigenvalue weighted by molar-refractivity contribution is -0.0796. The minimum absolute atomic E-state index is 0.0372. The molecule has 1 aromatic rings. The van der Waals surface area contributed by atoms with Crippen molar-refractivity contribution in [2.75, 3.05) is 24.3 Å². The molecule has 1 fully saturated rings. The fourth-order valence-electron chi connectivity index (χ4n) is 2.41. The van der Waals surface area contributed by atoms with Crippen molar-refractivity contribution >= 4 is 11.8 Å². The fraction of sp³-hybridized carbons (Fsp3) is 0.692. The molecule has 1 aromatic heterocycles. The lowest BCUT2D eigenvalue weighted by atomic mass is 9.64. The van der Waals surface area contributed by atoms with Crippen LogP contribution in [-0.2, 0) is 4.74 Å². The van der Waals surface area contributed by atoms with Crippen LogP contribution in [0.25, 0.3) is 0 Å². The van der Waals surface area contributed by atoms with E-state index in [1.807, 2.05) is 6.92 Å². The molecule has 0 bridgehead atoms. The summed E-state index contributed by atoms with van der Waals surface area (Å²) in [5.41, 5.74) is -0.0372. The Labute approximate surface area is 113 Å². The van der Waals surface area contributed by atoms with Crippen molar-refractivity contribution < 1.29 is 9.13 Å². The second-order valence-corrected chi connectivity index (χ2v) is 5.40. The second kappa shape index (κ2) is 5.28. The Kier molecular flexibility index (Phi) is 3.89. The van der Waals surface area contributed by atoms with Gasteiger partial charge in [0.25, 0.3) is 0 Å². The van der Waals surface area contributed by atoms with E-state index < -0.39 is 5.82 Å². The molecule has 1 aliphatic carbocycles. The van der Waals surface area contributed by atoms with E-state index in [9.17, 15) is 4.39 Å². The van der Waals surface area contributed by atoms with Gasteiger partial charge in [0.15, 0.2) is 11.6 Å². The van der Waals surface area contributed by atoms with Gasteiger partial charge in [0.05, 0.1) is 12.3 Å². The molecule has 0 saturated heterocycles. The second-order valence-electron chi connectivity index (χ2n) is 5.40. The van der Waals surface area contributed by atoms with Gasteiger partial charge in [-0.25, -0.2) is 9.37 Å². The number of hydrogen-bond acceptors (Lipinski definition) is 5. The number of nitrogens with zero attached hydrogens (tertiary/aromatic N) is 2. The zero-order chi connectivity index (χ0) is 14.0. The van der Waals surface area contributed by atoms with Gasteiger partial charge in [0.2, 0.25) is 5.95 Å². The largest absolute Gasteiger partial charge is 0.381 e. The van der Waals surface area contributed by atoms with E-state index in [4.69, 9.17) is 4.74 Å². The summed E-state index contributed by atoms with van der Waals surface area (Å²) in [6.07, 6.45) is 2.24. The fourth-order valence-corrected chi connectivity index (χ4v) is 2.41. The smallest absolute Gasteiger partial charge is 0.224 e. The van der Waals surface area contributed by atoms with Crippen molar-refractivity contribution in [1.82, 2.24) is 9.97 Å². The van der Waals surface area contributed by atoms with Gasteiger partial charge in [-0.15, -0.1) is 0 Å². The summed E-state index contributed by atoms with van der Waals surface area (Å²) in [5.74, 6) is 0.253. The minimum atomic E-state index is -0.432. The van der Waals surface area contributed by atoms with E-state index in [-0.39, 0.29) is 23.4 Å². The van der Waals surface area contributed by atoms with E-state index in [1.165, 1.54) is 6.20 Å². The summed E-state index contributed by atoms with van der Waals surface area (Å²) >= 11 is 0. The lowest BCUT2D eigenvalue weighted by Crippen LogP contribution is -2.57. The molecule has 0 aromatic carbocycles. The molecule has 1 aliphatic rings. The first-order chi connectivity index (χ1) is 8.98. The number of aromatic nitrogens is 2. The Morgan fingerprint density at radius 3 is 2.84 bits per heavy atom. The average molecular weight is 268 g/mol.